The lowest BCUT2D eigenvalue weighted by Crippen LogP contribution is -2.49. The number of carbonyl (C=O) groups excluding carboxylic acids is 1. The number of rotatable bonds is 1. The fraction of sp³-hybridized carbons (Fsp3) is 0.875. The number of nitrogens with one attached hydrogen (secondary N) is 2. The number of urea groups is 1. The second-order valence-electron chi connectivity index (χ2n) is 3.81. The average molecular weight is 169 g/mol. The Morgan fingerprint density at radius 1 is 1.33 bits per heavy atom. The number of hydrogen-bond acceptors (Lipinski definition) is 2. The molecule has 0 aliphatic carbocycles. The molecule has 0 unspecified atom stereocenters. The molecule has 0 aromatic heterocycles. The lowest BCUT2D eigenvalue weighted by Gasteiger charge is -2.28. The van der Waals surface area contributed by atoms with E-state index < -0.39 is 0 Å². The van der Waals surface area contributed by atoms with Crippen LogP contribution in [0.3, 0.4) is 0 Å². The Morgan fingerprint density at radius 2 is 1.92 bits per heavy atom. The molecule has 2 amide bonds. The van der Waals surface area contributed by atoms with Crippen LogP contribution in [0.2, 0.25) is 0 Å². The van der Waals surface area contributed by atoms with Crippen molar-refractivity contribution in [2.24, 2.45) is 5.73 Å². The third-order valence-electron chi connectivity index (χ3n) is 2.82. The molecule has 2 fully saturated rings. The van der Waals surface area contributed by atoms with E-state index in [0.29, 0.717) is 18.1 Å². The predicted octanol–water partition coefficient (Wildman–Crippen LogP) is -0.0623. The summed E-state index contributed by atoms with van der Waals surface area (Å²) in [6, 6.07) is 1.14. The molecule has 0 spiro atoms. The van der Waals surface area contributed by atoms with Crippen LogP contribution in [-0.4, -0.2) is 24.2 Å². The molecule has 2 bridgehead atoms. The molecule has 2 rings (SSSR count). The normalized spacial score (nSPS) is 39.5. The first-order valence-corrected chi connectivity index (χ1v) is 4.56. The molecule has 2 heterocycles. The highest BCUT2D eigenvalue weighted by Gasteiger charge is 2.33. The molecule has 12 heavy (non-hydrogen) atoms. The van der Waals surface area contributed by atoms with Crippen molar-refractivity contribution in [3.8, 4) is 0 Å². The van der Waals surface area contributed by atoms with Gasteiger partial charge in [-0.2, -0.15) is 0 Å². The van der Waals surface area contributed by atoms with Crippen molar-refractivity contribution in [2.45, 2.75) is 43.8 Å². The molecule has 4 N–H and O–H groups in total. The molecule has 0 radical (unpaired) electrons. The summed E-state index contributed by atoms with van der Waals surface area (Å²) in [7, 11) is 0. The largest absolute Gasteiger partial charge is 0.352 e. The number of fused-ring (bicyclic) bond motifs is 2. The second-order valence-corrected chi connectivity index (χ2v) is 3.81. The second kappa shape index (κ2) is 2.94. The van der Waals surface area contributed by atoms with Crippen LogP contribution in [0.4, 0.5) is 4.79 Å². The molecular formula is C8H15N3O. The summed E-state index contributed by atoms with van der Waals surface area (Å²) in [5.41, 5.74) is 5.06. The smallest absolute Gasteiger partial charge is 0.312 e. The van der Waals surface area contributed by atoms with Gasteiger partial charge in [-0.25, -0.2) is 4.79 Å². The molecule has 4 nitrogen and oxygen atoms in total. The van der Waals surface area contributed by atoms with E-state index in [2.05, 4.69) is 10.6 Å². The van der Waals surface area contributed by atoms with Crippen molar-refractivity contribution in [1.82, 2.24) is 10.6 Å². The minimum Gasteiger partial charge on any atom is -0.352 e. The monoisotopic (exact) mass is 169 g/mol. The van der Waals surface area contributed by atoms with Crippen molar-refractivity contribution in [1.29, 1.82) is 0 Å². The molecule has 68 valence electrons. The van der Waals surface area contributed by atoms with Gasteiger partial charge in [-0.3, -0.25) is 0 Å². The van der Waals surface area contributed by atoms with Crippen molar-refractivity contribution in [3.63, 3.8) is 0 Å². The topological polar surface area (TPSA) is 67.2 Å². The highest BCUT2D eigenvalue weighted by molar-refractivity contribution is 5.71. The lowest BCUT2D eigenvalue weighted by molar-refractivity contribution is 0.237. The Kier molecular flexibility index (Phi) is 1.92. The van der Waals surface area contributed by atoms with Gasteiger partial charge in [-0.1, -0.05) is 0 Å². The molecule has 2 saturated heterocycles. The summed E-state index contributed by atoms with van der Waals surface area (Å²) in [4.78, 5) is 10.6. The molecule has 0 saturated carbocycles. The summed E-state index contributed by atoms with van der Waals surface area (Å²) < 4.78 is 0. The molecular weight excluding hydrogens is 154 g/mol. The third kappa shape index (κ3) is 1.53. The van der Waals surface area contributed by atoms with Crippen LogP contribution in [0.25, 0.3) is 0 Å². The van der Waals surface area contributed by atoms with Crippen molar-refractivity contribution < 1.29 is 4.79 Å². The maximum Gasteiger partial charge on any atom is 0.312 e. The Morgan fingerprint density at radius 3 is 2.42 bits per heavy atom. The summed E-state index contributed by atoms with van der Waals surface area (Å²) >= 11 is 0. The first-order valence-electron chi connectivity index (χ1n) is 4.56. The molecule has 2 aliphatic heterocycles. The van der Waals surface area contributed by atoms with E-state index in [1.807, 2.05) is 0 Å². The summed E-state index contributed by atoms with van der Waals surface area (Å²) in [5.74, 6) is 0. The van der Waals surface area contributed by atoms with Gasteiger partial charge >= 0.3 is 6.03 Å². The van der Waals surface area contributed by atoms with E-state index in [-0.39, 0.29) is 6.03 Å². The molecule has 2 aliphatic rings. The number of piperidine rings is 1. The zero-order valence-corrected chi connectivity index (χ0v) is 7.05. The third-order valence-corrected chi connectivity index (χ3v) is 2.82. The lowest BCUT2D eigenvalue weighted by atomic mass is 10.0. The Labute approximate surface area is 71.9 Å². The van der Waals surface area contributed by atoms with Crippen molar-refractivity contribution in [3.05, 3.63) is 0 Å². The van der Waals surface area contributed by atoms with Gasteiger partial charge in [0.15, 0.2) is 0 Å². The van der Waals surface area contributed by atoms with Crippen LogP contribution in [0, 0.1) is 0 Å². The number of nitrogens with two attached hydrogens (primary N) is 1. The minimum absolute atomic E-state index is 0.307. The highest BCUT2D eigenvalue weighted by atomic mass is 16.2. The van der Waals surface area contributed by atoms with Gasteiger partial charge in [0.1, 0.15) is 0 Å². The molecule has 0 aromatic carbocycles. The first-order chi connectivity index (χ1) is 5.74. The fourth-order valence-corrected chi connectivity index (χ4v) is 2.38. The standard InChI is InChI=1S/C8H15N3O/c9-8(12)11-7-3-5-1-2-6(4-7)10-5/h5-7,10H,1-4H2,(H3,9,11,12)/t5-,6+,7-. The van der Waals surface area contributed by atoms with Crippen molar-refractivity contribution in [2.75, 3.05) is 0 Å². The van der Waals surface area contributed by atoms with Crippen LogP contribution in [0.1, 0.15) is 25.7 Å². The van der Waals surface area contributed by atoms with Gasteiger partial charge in [0.25, 0.3) is 0 Å². The quantitative estimate of drug-likeness (QED) is 0.514. The van der Waals surface area contributed by atoms with Crippen LogP contribution in [0.15, 0.2) is 0 Å². The van der Waals surface area contributed by atoms with Gasteiger partial charge in [-0.15, -0.1) is 0 Å². The zero-order chi connectivity index (χ0) is 8.55. The van der Waals surface area contributed by atoms with Gasteiger partial charge in [-0.05, 0) is 25.7 Å². The SMILES string of the molecule is NC(=O)N[C@@H]1C[C@H]2CC[C@@H](C1)N2. The number of hydrogen-bond donors (Lipinski definition) is 3. The van der Waals surface area contributed by atoms with Gasteiger partial charge in [0, 0.05) is 18.1 Å². The van der Waals surface area contributed by atoms with E-state index >= 15 is 0 Å². The Hall–Kier alpha value is -0.770. The van der Waals surface area contributed by atoms with Crippen molar-refractivity contribution >= 4 is 6.03 Å². The number of amides is 2. The van der Waals surface area contributed by atoms with Gasteiger partial charge < -0.3 is 16.4 Å². The molecule has 0 aromatic rings. The Bertz CT molecular complexity index is 183. The average Bonchev–Trinajstić information content (AvgIpc) is 2.29. The fourth-order valence-electron chi connectivity index (χ4n) is 2.38. The van der Waals surface area contributed by atoms with Crippen LogP contribution in [0.5, 0.6) is 0 Å². The molecule has 4 heteroatoms. The van der Waals surface area contributed by atoms with Crippen LogP contribution < -0.4 is 16.4 Å². The van der Waals surface area contributed by atoms with Crippen LogP contribution in [-0.2, 0) is 0 Å². The van der Waals surface area contributed by atoms with E-state index in [1.54, 1.807) is 0 Å². The zero-order valence-electron chi connectivity index (χ0n) is 7.05. The summed E-state index contributed by atoms with van der Waals surface area (Å²) in [6.07, 6.45) is 4.59. The van der Waals surface area contributed by atoms with Gasteiger partial charge in [0.2, 0.25) is 0 Å². The first kappa shape index (κ1) is 7.86. The summed E-state index contributed by atoms with van der Waals surface area (Å²) in [6.45, 7) is 0. The van der Waals surface area contributed by atoms with Crippen LogP contribution >= 0.6 is 0 Å². The summed E-state index contributed by atoms with van der Waals surface area (Å²) in [5, 5.41) is 6.28. The van der Waals surface area contributed by atoms with E-state index in [0.717, 1.165) is 12.8 Å². The highest BCUT2D eigenvalue weighted by Crippen LogP contribution is 2.26. The Balaban J connectivity index is 1.89. The van der Waals surface area contributed by atoms with Gasteiger partial charge in [0.05, 0.1) is 0 Å². The van der Waals surface area contributed by atoms with E-state index in [1.165, 1.54) is 12.8 Å². The number of primary amides is 1. The predicted molar refractivity (Wildman–Crippen MR) is 45.7 cm³/mol. The minimum atomic E-state index is -0.388. The van der Waals surface area contributed by atoms with E-state index in [9.17, 15) is 4.79 Å². The molecule has 3 atom stereocenters. The number of carbonyl (C=O) groups is 1. The maximum atomic E-state index is 10.6. The van der Waals surface area contributed by atoms with E-state index in [4.69, 9.17) is 5.73 Å². The maximum absolute atomic E-state index is 10.6.